The van der Waals surface area contributed by atoms with Gasteiger partial charge in [0.25, 0.3) is 0 Å². The van der Waals surface area contributed by atoms with Crippen LogP contribution in [0.1, 0.15) is 17.9 Å². The molecule has 0 aliphatic heterocycles. The predicted molar refractivity (Wildman–Crippen MR) is 64.3 cm³/mol. The second kappa shape index (κ2) is 4.74. The van der Waals surface area contributed by atoms with Crippen molar-refractivity contribution in [2.75, 3.05) is 27.8 Å². The molecule has 1 aromatic carbocycles. The number of methoxy groups -OCH3 is 2. The lowest BCUT2D eigenvalue weighted by Gasteiger charge is -2.08. The third kappa shape index (κ3) is 2.30. The molecule has 1 aliphatic carbocycles. The summed E-state index contributed by atoms with van der Waals surface area (Å²) in [5, 5.41) is 3.22. The van der Waals surface area contributed by atoms with Crippen molar-refractivity contribution >= 4 is 0 Å². The molecular weight excluding hydrogens is 202 g/mol. The number of rotatable bonds is 5. The van der Waals surface area contributed by atoms with Gasteiger partial charge in [0.05, 0.1) is 14.2 Å². The van der Waals surface area contributed by atoms with Gasteiger partial charge in [0.15, 0.2) is 0 Å². The maximum Gasteiger partial charge on any atom is 0.122 e. The summed E-state index contributed by atoms with van der Waals surface area (Å²) in [6, 6.07) is 6.14. The van der Waals surface area contributed by atoms with Crippen molar-refractivity contribution in [3.8, 4) is 11.5 Å². The molecule has 0 heterocycles. The topological polar surface area (TPSA) is 30.5 Å². The Morgan fingerprint density at radius 1 is 1.19 bits per heavy atom. The zero-order valence-electron chi connectivity index (χ0n) is 10.1. The van der Waals surface area contributed by atoms with Crippen molar-refractivity contribution in [1.29, 1.82) is 0 Å². The average molecular weight is 221 g/mol. The molecule has 2 atom stereocenters. The van der Waals surface area contributed by atoms with Crippen LogP contribution in [0, 0.1) is 5.92 Å². The fraction of sp³-hybridized carbons (Fsp3) is 0.538. The fourth-order valence-corrected chi connectivity index (χ4v) is 2.19. The minimum Gasteiger partial charge on any atom is -0.497 e. The number of nitrogens with one attached hydrogen (secondary N) is 1. The van der Waals surface area contributed by atoms with E-state index in [4.69, 9.17) is 9.47 Å². The maximum absolute atomic E-state index is 5.27. The molecule has 0 radical (unpaired) electrons. The SMILES string of the molecule is CNC[C@H]1C[C@@H]1c1cc(OC)cc(OC)c1. The largest absolute Gasteiger partial charge is 0.497 e. The molecule has 1 aliphatic rings. The van der Waals surface area contributed by atoms with E-state index in [2.05, 4.69) is 17.4 Å². The van der Waals surface area contributed by atoms with Crippen molar-refractivity contribution in [3.63, 3.8) is 0 Å². The average Bonchev–Trinajstić information content (AvgIpc) is 3.08. The molecule has 16 heavy (non-hydrogen) atoms. The van der Waals surface area contributed by atoms with Crippen LogP contribution < -0.4 is 14.8 Å². The third-order valence-corrected chi connectivity index (χ3v) is 3.19. The predicted octanol–water partition coefficient (Wildman–Crippen LogP) is 2.03. The summed E-state index contributed by atoms with van der Waals surface area (Å²) in [6.45, 7) is 1.09. The number of hydrogen-bond acceptors (Lipinski definition) is 3. The fourth-order valence-electron chi connectivity index (χ4n) is 2.19. The Bertz CT molecular complexity index is 343. The van der Waals surface area contributed by atoms with Gasteiger partial charge in [0, 0.05) is 6.07 Å². The summed E-state index contributed by atoms with van der Waals surface area (Å²) in [7, 11) is 5.38. The standard InChI is InChI=1S/C13H19NO2/c1-14-8-10-6-13(10)9-4-11(15-2)7-12(5-9)16-3/h4-5,7,10,13-14H,6,8H2,1-3H3/t10-,13-/m1/s1. The summed E-state index contributed by atoms with van der Waals surface area (Å²) in [5.74, 6) is 3.19. The van der Waals surface area contributed by atoms with Crippen LogP contribution in [-0.4, -0.2) is 27.8 Å². The van der Waals surface area contributed by atoms with Crippen LogP contribution >= 0.6 is 0 Å². The van der Waals surface area contributed by atoms with E-state index in [0.29, 0.717) is 5.92 Å². The van der Waals surface area contributed by atoms with Gasteiger partial charge in [0.2, 0.25) is 0 Å². The van der Waals surface area contributed by atoms with E-state index in [-0.39, 0.29) is 0 Å². The lowest BCUT2D eigenvalue weighted by Crippen LogP contribution is -2.10. The highest BCUT2D eigenvalue weighted by Gasteiger charge is 2.37. The van der Waals surface area contributed by atoms with Gasteiger partial charge in [-0.05, 0) is 49.5 Å². The molecule has 0 unspecified atom stereocenters. The first-order valence-electron chi connectivity index (χ1n) is 5.66. The zero-order chi connectivity index (χ0) is 11.5. The molecule has 3 heteroatoms. The number of ether oxygens (including phenoxy) is 2. The summed E-state index contributed by atoms with van der Waals surface area (Å²) in [5.41, 5.74) is 1.33. The Morgan fingerprint density at radius 2 is 1.81 bits per heavy atom. The van der Waals surface area contributed by atoms with Crippen LogP contribution in [0.3, 0.4) is 0 Å². The van der Waals surface area contributed by atoms with Gasteiger partial charge in [0.1, 0.15) is 11.5 Å². The zero-order valence-corrected chi connectivity index (χ0v) is 10.1. The van der Waals surface area contributed by atoms with Crippen LogP contribution in [0.15, 0.2) is 18.2 Å². The van der Waals surface area contributed by atoms with Gasteiger partial charge >= 0.3 is 0 Å². The van der Waals surface area contributed by atoms with E-state index in [0.717, 1.165) is 24.0 Å². The highest BCUT2D eigenvalue weighted by molar-refractivity contribution is 5.42. The first kappa shape index (κ1) is 11.3. The van der Waals surface area contributed by atoms with Crippen LogP contribution in [-0.2, 0) is 0 Å². The third-order valence-electron chi connectivity index (χ3n) is 3.19. The molecule has 1 aromatic rings. The quantitative estimate of drug-likeness (QED) is 0.825. The van der Waals surface area contributed by atoms with Crippen LogP contribution in [0.2, 0.25) is 0 Å². The molecular formula is C13H19NO2. The van der Waals surface area contributed by atoms with Crippen molar-refractivity contribution in [3.05, 3.63) is 23.8 Å². The van der Waals surface area contributed by atoms with Gasteiger partial charge in [-0.2, -0.15) is 0 Å². The van der Waals surface area contributed by atoms with Gasteiger partial charge < -0.3 is 14.8 Å². The molecule has 1 fully saturated rings. The van der Waals surface area contributed by atoms with Crippen LogP contribution in [0.25, 0.3) is 0 Å². The smallest absolute Gasteiger partial charge is 0.122 e. The van der Waals surface area contributed by atoms with E-state index in [1.807, 2.05) is 13.1 Å². The highest BCUT2D eigenvalue weighted by Crippen LogP contribution is 2.48. The molecule has 1 saturated carbocycles. The maximum atomic E-state index is 5.27. The number of benzene rings is 1. The normalized spacial score (nSPS) is 22.9. The minimum atomic E-state index is 0.663. The molecule has 1 N–H and O–H groups in total. The summed E-state index contributed by atoms with van der Waals surface area (Å²) < 4.78 is 10.5. The summed E-state index contributed by atoms with van der Waals surface area (Å²) >= 11 is 0. The highest BCUT2D eigenvalue weighted by atomic mass is 16.5. The van der Waals surface area contributed by atoms with E-state index in [9.17, 15) is 0 Å². The molecule has 0 saturated heterocycles. The Labute approximate surface area is 96.8 Å². The number of hydrogen-bond donors (Lipinski definition) is 1. The van der Waals surface area contributed by atoms with Crippen LogP contribution in [0.5, 0.6) is 11.5 Å². The van der Waals surface area contributed by atoms with Crippen LogP contribution in [0.4, 0.5) is 0 Å². The Morgan fingerprint density at radius 3 is 2.31 bits per heavy atom. The molecule has 2 rings (SSSR count). The second-order valence-electron chi connectivity index (χ2n) is 4.31. The minimum absolute atomic E-state index is 0.663. The Balaban J connectivity index is 2.15. The second-order valence-corrected chi connectivity index (χ2v) is 4.31. The first-order chi connectivity index (χ1) is 7.78. The van der Waals surface area contributed by atoms with Gasteiger partial charge in [-0.1, -0.05) is 0 Å². The summed E-state index contributed by atoms with van der Waals surface area (Å²) in [6.07, 6.45) is 1.26. The van der Waals surface area contributed by atoms with E-state index >= 15 is 0 Å². The molecule has 0 aromatic heterocycles. The Kier molecular flexibility index (Phi) is 3.34. The Hall–Kier alpha value is -1.22. The monoisotopic (exact) mass is 221 g/mol. The molecule has 0 amide bonds. The van der Waals surface area contributed by atoms with Crippen molar-refractivity contribution in [1.82, 2.24) is 5.32 Å². The lowest BCUT2D eigenvalue weighted by atomic mass is 10.1. The van der Waals surface area contributed by atoms with Crippen molar-refractivity contribution in [2.24, 2.45) is 5.92 Å². The first-order valence-corrected chi connectivity index (χ1v) is 5.66. The van der Waals surface area contributed by atoms with Crippen molar-refractivity contribution < 1.29 is 9.47 Å². The van der Waals surface area contributed by atoms with E-state index < -0.39 is 0 Å². The van der Waals surface area contributed by atoms with E-state index in [1.165, 1.54) is 12.0 Å². The molecule has 3 nitrogen and oxygen atoms in total. The van der Waals surface area contributed by atoms with Crippen molar-refractivity contribution in [2.45, 2.75) is 12.3 Å². The van der Waals surface area contributed by atoms with Gasteiger partial charge in [-0.3, -0.25) is 0 Å². The lowest BCUT2D eigenvalue weighted by molar-refractivity contribution is 0.393. The molecule has 0 spiro atoms. The van der Waals surface area contributed by atoms with Gasteiger partial charge in [-0.25, -0.2) is 0 Å². The molecule has 88 valence electrons. The summed E-state index contributed by atoms with van der Waals surface area (Å²) in [4.78, 5) is 0. The van der Waals surface area contributed by atoms with Gasteiger partial charge in [-0.15, -0.1) is 0 Å². The van der Waals surface area contributed by atoms with E-state index in [1.54, 1.807) is 14.2 Å². The molecule has 0 bridgehead atoms.